The van der Waals surface area contributed by atoms with Crippen molar-refractivity contribution in [3.63, 3.8) is 0 Å². The molecule has 1 heterocycles. The van der Waals surface area contributed by atoms with Crippen molar-refractivity contribution in [3.05, 3.63) is 47.0 Å². The van der Waals surface area contributed by atoms with Gasteiger partial charge in [0.15, 0.2) is 0 Å². The molecule has 2 N–H and O–H groups in total. The molecule has 1 unspecified atom stereocenters. The van der Waals surface area contributed by atoms with E-state index in [1.54, 1.807) is 4.68 Å². The number of urea groups is 1. The minimum Gasteiger partial charge on any atom is -0.338 e. The number of nitrogens with one attached hydrogen (secondary N) is 2. The molecule has 0 aliphatic carbocycles. The first kappa shape index (κ1) is 17.3. The third-order valence-corrected chi connectivity index (χ3v) is 3.98. The molecule has 2 aromatic rings. The van der Waals surface area contributed by atoms with Gasteiger partial charge in [-0.1, -0.05) is 43.6 Å². The van der Waals surface area contributed by atoms with Gasteiger partial charge >= 0.3 is 6.03 Å². The van der Waals surface area contributed by atoms with Crippen molar-refractivity contribution in [1.29, 1.82) is 0 Å². The molecule has 124 valence electrons. The summed E-state index contributed by atoms with van der Waals surface area (Å²) in [5.41, 5.74) is 0.924. The standard InChI is InChI=1S/C16H22ClN5O/c1-11(2)15(12-6-4-5-7-13(12)17)21-16(23)18-9-8-14-19-10-20-22(14)3/h4-7,10-11,15H,8-9H2,1-3H3,(H2,18,21,23). The SMILES string of the molecule is CC(C)C(NC(=O)NCCc1ncnn1C)c1ccccc1Cl. The molecule has 0 aliphatic heterocycles. The van der Waals surface area contributed by atoms with E-state index in [4.69, 9.17) is 11.6 Å². The molecule has 1 aromatic heterocycles. The average Bonchev–Trinajstić information content (AvgIpc) is 2.91. The van der Waals surface area contributed by atoms with Crippen LogP contribution in [-0.2, 0) is 13.5 Å². The number of halogens is 1. The molecule has 0 fully saturated rings. The molecule has 0 saturated carbocycles. The highest BCUT2D eigenvalue weighted by atomic mass is 35.5. The number of carbonyl (C=O) groups excluding carboxylic acids is 1. The maximum absolute atomic E-state index is 12.1. The molecule has 2 rings (SSSR count). The number of benzene rings is 1. The van der Waals surface area contributed by atoms with Crippen LogP contribution in [0.15, 0.2) is 30.6 Å². The highest BCUT2D eigenvalue weighted by molar-refractivity contribution is 6.31. The van der Waals surface area contributed by atoms with Crippen LogP contribution in [0.3, 0.4) is 0 Å². The zero-order valence-corrected chi connectivity index (χ0v) is 14.3. The summed E-state index contributed by atoms with van der Waals surface area (Å²) in [4.78, 5) is 16.3. The first-order chi connectivity index (χ1) is 11.0. The predicted molar refractivity (Wildman–Crippen MR) is 90.3 cm³/mol. The van der Waals surface area contributed by atoms with Gasteiger partial charge < -0.3 is 10.6 Å². The third-order valence-electron chi connectivity index (χ3n) is 3.63. The second-order valence-corrected chi connectivity index (χ2v) is 6.10. The third kappa shape index (κ3) is 4.69. The Bertz CT molecular complexity index is 655. The minimum absolute atomic E-state index is 0.140. The van der Waals surface area contributed by atoms with Gasteiger partial charge in [0.05, 0.1) is 6.04 Å². The lowest BCUT2D eigenvalue weighted by molar-refractivity contribution is 0.233. The lowest BCUT2D eigenvalue weighted by atomic mass is 9.96. The van der Waals surface area contributed by atoms with Crippen LogP contribution in [0.25, 0.3) is 0 Å². The maximum Gasteiger partial charge on any atom is 0.315 e. The van der Waals surface area contributed by atoms with Gasteiger partial charge in [0.1, 0.15) is 12.2 Å². The monoisotopic (exact) mass is 335 g/mol. The molecule has 6 nitrogen and oxygen atoms in total. The molecule has 2 amide bonds. The van der Waals surface area contributed by atoms with Crippen LogP contribution >= 0.6 is 11.6 Å². The number of rotatable bonds is 6. The number of hydrogen-bond donors (Lipinski definition) is 2. The van der Waals surface area contributed by atoms with Gasteiger partial charge in [0.25, 0.3) is 0 Å². The Morgan fingerprint density at radius 2 is 2.09 bits per heavy atom. The van der Waals surface area contributed by atoms with E-state index in [0.717, 1.165) is 11.4 Å². The van der Waals surface area contributed by atoms with Gasteiger partial charge in [-0.05, 0) is 17.5 Å². The Hall–Kier alpha value is -2.08. The van der Waals surface area contributed by atoms with Gasteiger partial charge in [0, 0.05) is 25.0 Å². The van der Waals surface area contributed by atoms with Crippen LogP contribution in [0.5, 0.6) is 0 Å². The van der Waals surface area contributed by atoms with E-state index < -0.39 is 0 Å². The maximum atomic E-state index is 12.1. The topological polar surface area (TPSA) is 71.8 Å². The number of carbonyl (C=O) groups is 1. The Morgan fingerprint density at radius 3 is 2.70 bits per heavy atom. The van der Waals surface area contributed by atoms with Gasteiger partial charge in [-0.3, -0.25) is 4.68 Å². The summed E-state index contributed by atoms with van der Waals surface area (Å²) in [5.74, 6) is 1.05. The van der Waals surface area contributed by atoms with Crippen molar-refractivity contribution in [2.24, 2.45) is 13.0 Å². The Balaban J connectivity index is 1.91. The fraction of sp³-hybridized carbons (Fsp3) is 0.438. The first-order valence-electron chi connectivity index (χ1n) is 7.60. The van der Waals surface area contributed by atoms with E-state index in [2.05, 4.69) is 20.7 Å². The zero-order valence-electron chi connectivity index (χ0n) is 13.6. The summed E-state index contributed by atoms with van der Waals surface area (Å²) in [6.45, 7) is 4.59. The summed E-state index contributed by atoms with van der Waals surface area (Å²) < 4.78 is 1.69. The first-order valence-corrected chi connectivity index (χ1v) is 7.98. The highest BCUT2D eigenvalue weighted by Crippen LogP contribution is 2.27. The fourth-order valence-electron chi connectivity index (χ4n) is 2.36. The highest BCUT2D eigenvalue weighted by Gasteiger charge is 2.20. The smallest absolute Gasteiger partial charge is 0.315 e. The van der Waals surface area contributed by atoms with E-state index >= 15 is 0 Å². The Morgan fingerprint density at radius 1 is 1.35 bits per heavy atom. The predicted octanol–water partition coefficient (Wildman–Crippen LogP) is 2.71. The molecule has 0 bridgehead atoms. The van der Waals surface area contributed by atoms with Crippen molar-refractivity contribution >= 4 is 17.6 Å². The van der Waals surface area contributed by atoms with Gasteiger partial charge in [-0.15, -0.1) is 0 Å². The van der Waals surface area contributed by atoms with Crippen molar-refractivity contribution in [2.45, 2.75) is 26.3 Å². The normalized spacial score (nSPS) is 12.2. The lowest BCUT2D eigenvalue weighted by Crippen LogP contribution is -2.40. The van der Waals surface area contributed by atoms with Gasteiger partial charge in [0.2, 0.25) is 0 Å². The van der Waals surface area contributed by atoms with Crippen LogP contribution in [0, 0.1) is 5.92 Å². The number of aromatic nitrogens is 3. The summed E-state index contributed by atoms with van der Waals surface area (Å²) >= 11 is 6.25. The second kappa shape index (κ2) is 7.97. The number of aryl methyl sites for hydroxylation is 1. The van der Waals surface area contributed by atoms with Gasteiger partial charge in [-0.25, -0.2) is 9.78 Å². The largest absolute Gasteiger partial charge is 0.338 e. The fourth-order valence-corrected chi connectivity index (χ4v) is 2.61. The molecule has 0 spiro atoms. The summed E-state index contributed by atoms with van der Waals surface area (Å²) in [5, 5.41) is 10.5. The van der Waals surface area contributed by atoms with Gasteiger partial charge in [-0.2, -0.15) is 5.10 Å². The zero-order chi connectivity index (χ0) is 16.8. The summed E-state index contributed by atoms with van der Waals surface area (Å²) in [7, 11) is 1.83. The number of hydrogen-bond acceptors (Lipinski definition) is 3. The molecular formula is C16H22ClN5O. The molecule has 0 aliphatic rings. The quantitative estimate of drug-likeness (QED) is 0.852. The van der Waals surface area contributed by atoms with Crippen LogP contribution < -0.4 is 10.6 Å². The molecule has 7 heteroatoms. The van der Waals surface area contributed by atoms with Crippen LogP contribution in [0.1, 0.15) is 31.3 Å². The van der Waals surface area contributed by atoms with E-state index in [0.29, 0.717) is 18.0 Å². The van der Waals surface area contributed by atoms with Crippen LogP contribution in [0.4, 0.5) is 4.79 Å². The molecule has 1 aromatic carbocycles. The lowest BCUT2D eigenvalue weighted by Gasteiger charge is -2.24. The Labute approximate surface area is 141 Å². The van der Waals surface area contributed by atoms with Crippen LogP contribution in [-0.4, -0.2) is 27.3 Å². The van der Waals surface area contributed by atoms with E-state index in [1.807, 2.05) is 45.2 Å². The number of nitrogens with zero attached hydrogens (tertiary/aromatic N) is 3. The van der Waals surface area contributed by atoms with Crippen LogP contribution in [0.2, 0.25) is 5.02 Å². The minimum atomic E-state index is -0.217. The van der Waals surface area contributed by atoms with E-state index in [-0.39, 0.29) is 18.0 Å². The summed E-state index contributed by atoms with van der Waals surface area (Å²) in [6, 6.07) is 7.21. The molecule has 23 heavy (non-hydrogen) atoms. The number of amides is 2. The molecule has 0 radical (unpaired) electrons. The van der Waals surface area contributed by atoms with Crippen molar-refractivity contribution in [1.82, 2.24) is 25.4 Å². The molecule has 0 saturated heterocycles. The van der Waals surface area contributed by atoms with E-state index in [1.165, 1.54) is 6.33 Å². The summed E-state index contributed by atoms with van der Waals surface area (Å²) in [6.07, 6.45) is 2.13. The van der Waals surface area contributed by atoms with Crippen molar-refractivity contribution < 1.29 is 4.79 Å². The Kier molecular flexibility index (Phi) is 5.98. The second-order valence-electron chi connectivity index (χ2n) is 5.69. The average molecular weight is 336 g/mol. The molecular weight excluding hydrogens is 314 g/mol. The van der Waals surface area contributed by atoms with E-state index in [9.17, 15) is 4.79 Å². The van der Waals surface area contributed by atoms with Crippen molar-refractivity contribution in [3.8, 4) is 0 Å². The molecule has 1 atom stereocenters. The van der Waals surface area contributed by atoms with Crippen molar-refractivity contribution in [2.75, 3.05) is 6.54 Å².